The number of nitrogens with one attached hydrogen (secondary N) is 1. The van der Waals surface area contributed by atoms with Gasteiger partial charge in [-0.15, -0.1) is 10.2 Å². The van der Waals surface area contributed by atoms with E-state index in [1.54, 1.807) is 12.1 Å². The number of halogens is 1. The fourth-order valence-electron chi connectivity index (χ4n) is 0.753. The van der Waals surface area contributed by atoms with Crippen LogP contribution in [0.15, 0.2) is 24.3 Å². The Morgan fingerprint density at radius 3 is 2.85 bits per heavy atom. The molecule has 0 fully saturated rings. The van der Waals surface area contributed by atoms with Gasteiger partial charge in [0, 0.05) is 13.1 Å². The Kier molecular flexibility index (Phi) is 4.21. The predicted octanol–water partition coefficient (Wildman–Crippen LogP) is 1.06. The summed E-state index contributed by atoms with van der Waals surface area (Å²) in [6, 6.07) is 3.45. The van der Waals surface area contributed by atoms with Gasteiger partial charge in [0.15, 0.2) is 5.15 Å². The molecule has 0 radical (unpaired) electrons. The molecule has 1 aromatic rings. The van der Waals surface area contributed by atoms with E-state index < -0.39 is 0 Å². The van der Waals surface area contributed by atoms with Crippen molar-refractivity contribution < 1.29 is 0 Å². The normalized spacial score (nSPS) is 10.6. The highest BCUT2D eigenvalue weighted by Crippen LogP contribution is 2.05. The van der Waals surface area contributed by atoms with Crippen molar-refractivity contribution in [2.24, 2.45) is 5.73 Å². The Morgan fingerprint density at radius 2 is 2.23 bits per heavy atom. The largest absolute Gasteiger partial charge is 0.365 e. The standard InChI is InChI=1S/C8H11ClN4/c9-7-3-4-8(13-12-7)11-6-2-1-5-10/h1-4H,5-6,10H2,(H,11,13)/b2-1+. The molecule has 0 unspecified atom stereocenters. The number of nitrogens with zero attached hydrogens (tertiary/aromatic N) is 2. The number of hydrogen-bond donors (Lipinski definition) is 2. The lowest BCUT2D eigenvalue weighted by Gasteiger charge is -1.99. The van der Waals surface area contributed by atoms with Crippen molar-refractivity contribution in [3.05, 3.63) is 29.4 Å². The maximum Gasteiger partial charge on any atom is 0.151 e. The van der Waals surface area contributed by atoms with E-state index in [4.69, 9.17) is 17.3 Å². The van der Waals surface area contributed by atoms with Gasteiger partial charge in [0.2, 0.25) is 0 Å². The molecule has 1 heterocycles. The first-order valence-electron chi connectivity index (χ1n) is 3.91. The van der Waals surface area contributed by atoms with E-state index >= 15 is 0 Å². The minimum atomic E-state index is 0.392. The van der Waals surface area contributed by atoms with Crippen molar-refractivity contribution in [2.75, 3.05) is 18.4 Å². The lowest BCUT2D eigenvalue weighted by atomic mass is 10.4. The number of anilines is 1. The summed E-state index contributed by atoms with van der Waals surface area (Å²) in [4.78, 5) is 0. The van der Waals surface area contributed by atoms with Crippen LogP contribution in [-0.2, 0) is 0 Å². The van der Waals surface area contributed by atoms with Crippen LogP contribution < -0.4 is 11.1 Å². The van der Waals surface area contributed by atoms with Crippen LogP contribution in [0.1, 0.15) is 0 Å². The van der Waals surface area contributed by atoms with Crippen LogP contribution in [-0.4, -0.2) is 23.3 Å². The zero-order chi connectivity index (χ0) is 9.52. The predicted molar refractivity (Wildman–Crippen MR) is 53.7 cm³/mol. The van der Waals surface area contributed by atoms with Gasteiger partial charge in [0.05, 0.1) is 0 Å². The third-order valence-electron chi connectivity index (χ3n) is 1.34. The second kappa shape index (κ2) is 5.50. The molecule has 0 saturated heterocycles. The van der Waals surface area contributed by atoms with E-state index in [1.165, 1.54) is 0 Å². The summed E-state index contributed by atoms with van der Waals surface area (Å²) < 4.78 is 0. The van der Waals surface area contributed by atoms with Crippen LogP contribution in [0.4, 0.5) is 5.82 Å². The zero-order valence-corrected chi connectivity index (χ0v) is 7.83. The summed E-state index contributed by atoms with van der Waals surface area (Å²) in [6.45, 7) is 1.24. The molecule has 0 spiro atoms. The molecule has 70 valence electrons. The highest BCUT2D eigenvalue weighted by molar-refractivity contribution is 6.29. The number of nitrogens with two attached hydrogens (primary N) is 1. The van der Waals surface area contributed by atoms with Gasteiger partial charge >= 0.3 is 0 Å². The summed E-state index contributed by atoms with van der Waals surface area (Å²) in [5, 5.41) is 10.9. The van der Waals surface area contributed by atoms with E-state index in [2.05, 4.69) is 15.5 Å². The monoisotopic (exact) mass is 198 g/mol. The van der Waals surface area contributed by atoms with Gasteiger partial charge in [0.25, 0.3) is 0 Å². The summed E-state index contributed by atoms with van der Waals surface area (Å²) >= 11 is 5.56. The summed E-state index contributed by atoms with van der Waals surface area (Å²) in [5.74, 6) is 0.700. The molecule has 0 aliphatic rings. The number of hydrogen-bond acceptors (Lipinski definition) is 4. The molecule has 3 N–H and O–H groups in total. The Balaban J connectivity index is 2.37. The lowest BCUT2D eigenvalue weighted by Crippen LogP contribution is -2.02. The van der Waals surface area contributed by atoms with Crippen molar-refractivity contribution in [3.63, 3.8) is 0 Å². The molecule has 0 atom stereocenters. The van der Waals surface area contributed by atoms with Crippen LogP contribution in [0.3, 0.4) is 0 Å². The van der Waals surface area contributed by atoms with Crippen LogP contribution in [0.5, 0.6) is 0 Å². The Bertz CT molecular complexity index is 270. The van der Waals surface area contributed by atoms with E-state index in [0.717, 1.165) is 0 Å². The molecular weight excluding hydrogens is 188 g/mol. The molecule has 1 aromatic heterocycles. The maximum absolute atomic E-state index is 5.56. The van der Waals surface area contributed by atoms with Crippen molar-refractivity contribution >= 4 is 17.4 Å². The third kappa shape index (κ3) is 3.87. The van der Waals surface area contributed by atoms with Crippen LogP contribution in [0.2, 0.25) is 5.15 Å². The Labute approximate surface area is 81.8 Å². The topological polar surface area (TPSA) is 63.8 Å². The van der Waals surface area contributed by atoms with Crippen molar-refractivity contribution in [3.8, 4) is 0 Å². The van der Waals surface area contributed by atoms with Crippen molar-refractivity contribution in [2.45, 2.75) is 0 Å². The second-order valence-corrected chi connectivity index (χ2v) is 2.72. The Hall–Kier alpha value is -1.13. The van der Waals surface area contributed by atoms with Gasteiger partial charge in [0.1, 0.15) is 5.82 Å². The van der Waals surface area contributed by atoms with Crippen LogP contribution in [0.25, 0.3) is 0 Å². The molecule has 5 heteroatoms. The zero-order valence-electron chi connectivity index (χ0n) is 7.07. The van der Waals surface area contributed by atoms with Crippen LogP contribution >= 0.6 is 11.6 Å². The number of aromatic nitrogens is 2. The maximum atomic E-state index is 5.56. The molecule has 0 aliphatic heterocycles. The molecule has 0 saturated carbocycles. The Morgan fingerprint density at radius 1 is 1.38 bits per heavy atom. The molecule has 0 amide bonds. The number of rotatable bonds is 4. The molecule has 0 aromatic carbocycles. The molecule has 4 nitrogen and oxygen atoms in total. The van der Waals surface area contributed by atoms with Gasteiger partial charge in [-0.1, -0.05) is 23.8 Å². The average molecular weight is 199 g/mol. The van der Waals surface area contributed by atoms with Gasteiger partial charge in [-0.05, 0) is 12.1 Å². The van der Waals surface area contributed by atoms with Crippen molar-refractivity contribution in [1.82, 2.24) is 10.2 Å². The van der Waals surface area contributed by atoms with E-state index in [-0.39, 0.29) is 0 Å². The highest BCUT2D eigenvalue weighted by Gasteiger charge is 1.91. The first kappa shape index (κ1) is 9.95. The van der Waals surface area contributed by atoms with Crippen molar-refractivity contribution in [1.29, 1.82) is 0 Å². The van der Waals surface area contributed by atoms with Gasteiger partial charge in [-0.2, -0.15) is 0 Å². The lowest BCUT2D eigenvalue weighted by molar-refractivity contribution is 1.02. The quantitative estimate of drug-likeness (QED) is 0.711. The minimum absolute atomic E-state index is 0.392. The average Bonchev–Trinajstić information content (AvgIpc) is 2.15. The smallest absolute Gasteiger partial charge is 0.151 e. The van der Waals surface area contributed by atoms with Gasteiger partial charge < -0.3 is 11.1 Å². The third-order valence-corrected chi connectivity index (χ3v) is 1.54. The first-order valence-corrected chi connectivity index (χ1v) is 4.29. The highest BCUT2D eigenvalue weighted by atomic mass is 35.5. The molecular formula is C8H11ClN4. The first-order chi connectivity index (χ1) is 6.33. The fraction of sp³-hybridized carbons (Fsp3) is 0.250. The molecule has 13 heavy (non-hydrogen) atoms. The summed E-state index contributed by atoms with van der Waals surface area (Å²) in [7, 11) is 0. The SMILES string of the molecule is NC/C=C/CNc1ccc(Cl)nn1. The van der Waals surface area contributed by atoms with E-state index in [9.17, 15) is 0 Å². The summed E-state index contributed by atoms with van der Waals surface area (Å²) in [5.41, 5.74) is 5.27. The van der Waals surface area contributed by atoms with Gasteiger partial charge in [-0.3, -0.25) is 0 Å². The second-order valence-electron chi connectivity index (χ2n) is 2.33. The summed E-state index contributed by atoms with van der Waals surface area (Å²) in [6.07, 6.45) is 3.80. The molecule has 1 rings (SSSR count). The van der Waals surface area contributed by atoms with Gasteiger partial charge in [-0.25, -0.2) is 0 Å². The molecule has 0 aliphatic carbocycles. The van der Waals surface area contributed by atoms with E-state index in [0.29, 0.717) is 24.1 Å². The fourth-order valence-corrected chi connectivity index (χ4v) is 0.854. The molecule has 0 bridgehead atoms. The van der Waals surface area contributed by atoms with Crippen LogP contribution in [0, 0.1) is 0 Å². The minimum Gasteiger partial charge on any atom is -0.365 e. The van der Waals surface area contributed by atoms with E-state index in [1.807, 2.05) is 12.2 Å².